The summed E-state index contributed by atoms with van der Waals surface area (Å²) in [6.45, 7) is 3.40. The van der Waals surface area contributed by atoms with Crippen LogP contribution in [0.5, 0.6) is 0 Å². The van der Waals surface area contributed by atoms with Gasteiger partial charge in [-0.3, -0.25) is 0 Å². The van der Waals surface area contributed by atoms with Crippen LogP contribution in [0.25, 0.3) is 10.6 Å². The fourth-order valence-corrected chi connectivity index (χ4v) is 3.27. The van der Waals surface area contributed by atoms with Crippen molar-refractivity contribution < 1.29 is 9.47 Å². The van der Waals surface area contributed by atoms with Crippen LogP contribution >= 0.6 is 22.7 Å². The Morgan fingerprint density at radius 2 is 2.12 bits per heavy atom. The summed E-state index contributed by atoms with van der Waals surface area (Å²) in [4.78, 5) is 6.77. The summed E-state index contributed by atoms with van der Waals surface area (Å²) < 4.78 is 10.9. The van der Waals surface area contributed by atoms with E-state index in [4.69, 9.17) is 9.47 Å². The van der Waals surface area contributed by atoms with Gasteiger partial charge < -0.3 is 9.47 Å². The second kappa shape index (κ2) is 4.25. The molecule has 0 spiro atoms. The number of aromatic nitrogens is 1. The molecule has 3 nitrogen and oxygen atoms in total. The minimum Gasteiger partial charge on any atom is -0.345 e. The van der Waals surface area contributed by atoms with E-state index in [9.17, 15) is 0 Å². The van der Waals surface area contributed by atoms with E-state index in [1.807, 2.05) is 6.92 Å². The maximum absolute atomic E-state index is 5.46. The summed E-state index contributed by atoms with van der Waals surface area (Å²) >= 11 is 3.36. The highest BCUT2D eigenvalue weighted by Crippen LogP contribution is 2.34. The lowest BCUT2D eigenvalue weighted by atomic mass is 10.3. The summed E-state index contributed by atoms with van der Waals surface area (Å²) in [5, 5.41) is 3.18. The molecule has 2 aromatic rings. The quantitative estimate of drug-likeness (QED) is 0.823. The first-order chi connectivity index (χ1) is 7.83. The normalized spacial score (nSPS) is 17.1. The van der Waals surface area contributed by atoms with E-state index in [-0.39, 0.29) is 6.29 Å². The van der Waals surface area contributed by atoms with E-state index in [1.165, 1.54) is 4.88 Å². The largest absolute Gasteiger partial charge is 0.345 e. The topological polar surface area (TPSA) is 31.4 Å². The van der Waals surface area contributed by atoms with Gasteiger partial charge in [-0.15, -0.1) is 22.7 Å². The molecule has 1 aliphatic rings. The highest BCUT2D eigenvalue weighted by Gasteiger charge is 2.20. The summed E-state index contributed by atoms with van der Waals surface area (Å²) in [6.07, 6.45) is -0.168. The molecule has 84 valence electrons. The third-order valence-electron chi connectivity index (χ3n) is 2.35. The van der Waals surface area contributed by atoms with Crippen LogP contribution < -0.4 is 0 Å². The van der Waals surface area contributed by atoms with E-state index in [0.717, 1.165) is 15.6 Å². The molecule has 0 radical (unpaired) electrons. The second-order valence-corrected chi connectivity index (χ2v) is 5.70. The van der Waals surface area contributed by atoms with Gasteiger partial charge in [-0.1, -0.05) is 0 Å². The molecule has 5 heteroatoms. The third kappa shape index (κ3) is 1.91. The fraction of sp³-hybridized carbons (Fsp3) is 0.364. The highest BCUT2D eigenvalue weighted by molar-refractivity contribution is 7.16. The van der Waals surface area contributed by atoms with E-state index >= 15 is 0 Å². The molecule has 2 aromatic heterocycles. The molecule has 1 aliphatic heterocycles. The van der Waals surface area contributed by atoms with Crippen molar-refractivity contribution in [3.8, 4) is 10.6 Å². The zero-order valence-corrected chi connectivity index (χ0v) is 10.4. The molecule has 1 fully saturated rings. The van der Waals surface area contributed by atoms with E-state index < -0.39 is 0 Å². The molecule has 1 saturated heterocycles. The zero-order valence-electron chi connectivity index (χ0n) is 8.80. The lowest BCUT2D eigenvalue weighted by Crippen LogP contribution is -1.93. The lowest BCUT2D eigenvalue weighted by Gasteiger charge is -2.04. The molecule has 3 heterocycles. The number of rotatable bonds is 2. The van der Waals surface area contributed by atoms with Crippen molar-refractivity contribution in [3.63, 3.8) is 0 Å². The molecule has 0 bridgehead atoms. The van der Waals surface area contributed by atoms with Crippen LogP contribution in [-0.2, 0) is 9.47 Å². The summed E-state index contributed by atoms with van der Waals surface area (Å²) in [5.74, 6) is 0. The van der Waals surface area contributed by atoms with Crippen molar-refractivity contribution in [1.29, 1.82) is 0 Å². The zero-order chi connectivity index (χ0) is 11.0. The number of nitrogens with zero attached hydrogens (tertiary/aromatic N) is 1. The molecule has 0 unspecified atom stereocenters. The van der Waals surface area contributed by atoms with Crippen LogP contribution in [0, 0.1) is 6.92 Å². The number of thiophene rings is 1. The highest BCUT2D eigenvalue weighted by atomic mass is 32.1. The number of ether oxygens (including phenoxy) is 2. The Balaban J connectivity index is 1.87. The van der Waals surface area contributed by atoms with Gasteiger partial charge in [-0.2, -0.15) is 0 Å². The summed E-state index contributed by atoms with van der Waals surface area (Å²) in [7, 11) is 0. The van der Waals surface area contributed by atoms with E-state index in [2.05, 4.69) is 22.5 Å². The Labute approximate surface area is 102 Å². The molecule has 0 atom stereocenters. The maximum Gasteiger partial charge on any atom is 0.193 e. The molecule has 3 rings (SSSR count). The SMILES string of the molecule is Cc1nc(-c2ccc(C3OCCO3)s2)cs1. The Bertz CT molecular complexity index is 486. The first-order valence-electron chi connectivity index (χ1n) is 5.08. The maximum atomic E-state index is 5.46. The van der Waals surface area contributed by atoms with E-state index in [0.29, 0.717) is 13.2 Å². The number of hydrogen-bond acceptors (Lipinski definition) is 5. The van der Waals surface area contributed by atoms with Crippen LogP contribution in [0.2, 0.25) is 0 Å². The van der Waals surface area contributed by atoms with Crippen LogP contribution in [-0.4, -0.2) is 18.2 Å². The molecule has 0 amide bonds. The van der Waals surface area contributed by atoms with Gasteiger partial charge in [0.05, 0.1) is 33.7 Å². The van der Waals surface area contributed by atoms with Gasteiger partial charge in [0.1, 0.15) is 0 Å². The average Bonchev–Trinajstić information content (AvgIpc) is 2.97. The third-order valence-corrected chi connectivity index (χ3v) is 4.26. The van der Waals surface area contributed by atoms with E-state index in [1.54, 1.807) is 22.7 Å². The van der Waals surface area contributed by atoms with Gasteiger partial charge in [-0.25, -0.2) is 4.98 Å². The smallest absolute Gasteiger partial charge is 0.193 e. The Hall–Kier alpha value is -0.750. The van der Waals surface area contributed by atoms with Crippen molar-refractivity contribution in [1.82, 2.24) is 4.98 Å². The summed E-state index contributed by atoms with van der Waals surface area (Å²) in [6, 6.07) is 4.14. The standard InChI is InChI=1S/C11H11NO2S2/c1-7-12-8(6-15-7)9-2-3-10(16-9)11-13-4-5-14-11/h2-3,6,11H,4-5H2,1H3. The first kappa shape index (κ1) is 10.4. The lowest BCUT2D eigenvalue weighted by molar-refractivity contribution is -0.0413. The van der Waals surface area contributed by atoms with Gasteiger partial charge in [-0.05, 0) is 19.1 Å². The van der Waals surface area contributed by atoms with Gasteiger partial charge in [0, 0.05) is 5.38 Å². The minimum atomic E-state index is -0.168. The van der Waals surface area contributed by atoms with Crippen molar-refractivity contribution in [2.45, 2.75) is 13.2 Å². The number of hydrogen-bond donors (Lipinski definition) is 0. The first-order valence-corrected chi connectivity index (χ1v) is 6.78. The predicted octanol–water partition coefficient (Wildman–Crippen LogP) is 3.23. The Morgan fingerprint density at radius 1 is 1.31 bits per heavy atom. The van der Waals surface area contributed by atoms with Crippen LogP contribution in [0.1, 0.15) is 16.2 Å². The molecule has 16 heavy (non-hydrogen) atoms. The Morgan fingerprint density at radius 3 is 2.81 bits per heavy atom. The summed E-state index contributed by atoms with van der Waals surface area (Å²) in [5.41, 5.74) is 1.05. The molecular formula is C11H11NO2S2. The number of aryl methyl sites for hydroxylation is 1. The van der Waals surface area contributed by atoms with Crippen molar-refractivity contribution >= 4 is 22.7 Å². The second-order valence-electron chi connectivity index (χ2n) is 3.53. The fourth-order valence-electron chi connectivity index (χ4n) is 1.62. The molecular weight excluding hydrogens is 242 g/mol. The van der Waals surface area contributed by atoms with Gasteiger partial charge >= 0.3 is 0 Å². The number of thiazole rings is 1. The molecule has 0 saturated carbocycles. The predicted molar refractivity (Wildman–Crippen MR) is 64.8 cm³/mol. The van der Waals surface area contributed by atoms with Crippen molar-refractivity contribution in [2.75, 3.05) is 13.2 Å². The van der Waals surface area contributed by atoms with Gasteiger partial charge in [0.25, 0.3) is 0 Å². The van der Waals surface area contributed by atoms with Crippen LogP contribution in [0.15, 0.2) is 17.5 Å². The monoisotopic (exact) mass is 253 g/mol. The average molecular weight is 253 g/mol. The van der Waals surface area contributed by atoms with Gasteiger partial charge in [0.2, 0.25) is 0 Å². The molecule has 0 N–H and O–H groups in total. The van der Waals surface area contributed by atoms with Crippen molar-refractivity contribution in [2.24, 2.45) is 0 Å². The Kier molecular flexibility index (Phi) is 2.77. The minimum absolute atomic E-state index is 0.168. The van der Waals surface area contributed by atoms with Crippen LogP contribution in [0.3, 0.4) is 0 Å². The molecule has 0 aliphatic carbocycles. The van der Waals surface area contributed by atoms with Crippen LogP contribution in [0.4, 0.5) is 0 Å². The van der Waals surface area contributed by atoms with Gasteiger partial charge in [0.15, 0.2) is 6.29 Å². The molecule has 0 aromatic carbocycles. The van der Waals surface area contributed by atoms with Crippen molar-refractivity contribution in [3.05, 3.63) is 27.4 Å².